The molecule has 0 spiro atoms. The summed E-state index contributed by atoms with van der Waals surface area (Å²) in [4.78, 5) is 13.1. The lowest BCUT2D eigenvalue weighted by atomic mass is 9.99. The first kappa shape index (κ1) is 80.7. The monoisotopic (exact) mass is 1190 g/mol. The van der Waals surface area contributed by atoms with Crippen LogP contribution in [0, 0.1) is 0 Å². The van der Waals surface area contributed by atoms with Crippen molar-refractivity contribution in [2.45, 2.75) is 436 Å². The summed E-state index contributed by atoms with van der Waals surface area (Å²) in [7, 11) is 0. The van der Waals surface area contributed by atoms with Crippen molar-refractivity contribution in [3.05, 3.63) is 24.3 Å². The first-order chi connectivity index (χ1) is 41.3. The Bertz CT molecular complexity index is 1380. The highest BCUT2D eigenvalue weighted by molar-refractivity contribution is 5.76. The molecule has 7 unspecified atom stereocenters. The van der Waals surface area contributed by atoms with E-state index in [9.17, 15) is 30.3 Å². The maximum absolute atomic E-state index is 13.1. The highest BCUT2D eigenvalue weighted by atomic mass is 16.7. The van der Waals surface area contributed by atoms with Gasteiger partial charge in [-0.1, -0.05) is 366 Å². The largest absolute Gasteiger partial charge is 0.394 e. The fourth-order valence-electron chi connectivity index (χ4n) is 12.4. The molecule has 0 saturated carbocycles. The summed E-state index contributed by atoms with van der Waals surface area (Å²) in [6.07, 6.45) is 78.9. The van der Waals surface area contributed by atoms with Gasteiger partial charge in [0.15, 0.2) is 6.29 Å². The first-order valence-corrected chi connectivity index (χ1v) is 37.6. The number of allylic oxidation sites excluding steroid dienone is 3. The number of rotatable bonds is 67. The molecule has 0 aliphatic carbocycles. The minimum atomic E-state index is -1.57. The van der Waals surface area contributed by atoms with Crippen molar-refractivity contribution in [2.24, 2.45) is 0 Å². The van der Waals surface area contributed by atoms with Gasteiger partial charge in [-0.15, -0.1) is 0 Å². The molecule has 1 aliphatic rings. The molecular formula is C75H145NO8. The maximum atomic E-state index is 13.1. The van der Waals surface area contributed by atoms with Gasteiger partial charge in [0.2, 0.25) is 5.91 Å². The predicted octanol–water partition coefficient (Wildman–Crippen LogP) is 20.8. The Hall–Kier alpha value is -1.33. The third kappa shape index (κ3) is 52.6. The second-order valence-electron chi connectivity index (χ2n) is 26.4. The molecule has 1 amide bonds. The third-order valence-electron chi connectivity index (χ3n) is 18.3. The Balaban J connectivity index is 2.05. The normalized spacial score (nSPS) is 18.2. The van der Waals surface area contributed by atoms with Crippen LogP contribution < -0.4 is 5.32 Å². The highest BCUT2D eigenvalue weighted by Gasteiger charge is 2.44. The van der Waals surface area contributed by atoms with E-state index < -0.39 is 49.5 Å². The first-order valence-electron chi connectivity index (χ1n) is 37.6. The fourth-order valence-corrected chi connectivity index (χ4v) is 12.4. The molecule has 0 aromatic carbocycles. The van der Waals surface area contributed by atoms with E-state index in [0.29, 0.717) is 6.42 Å². The SMILES string of the molecule is CCCCCCCCCCCCCCCCCCCC/C=C\CCCCCCCCCCCCCCCCCCCC(=O)NC(COC1OC(CO)C(O)C(O)C1O)C(O)/C=C/CCCCCCCCCCCCCCCCCCCCCC. The molecule has 9 nitrogen and oxygen atoms in total. The van der Waals surface area contributed by atoms with E-state index in [0.717, 1.165) is 38.5 Å². The number of amides is 1. The van der Waals surface area contributed by atoms with Crippen LogP contribution >= 0.6 is 0 Å². The summed E-state index contributed by atoms with van der Waals surface area (Å²) in [5.74, 6) is -0.168. The quantitative estimate of drug-likeness (QED) is 0.0261. The standard InChI is InChI=1S/C75H145NO8/c1-3-5-7-9-11-13-15-17-19-21-23-25-27-28-29-30-31-32-33-34-35-36-37-38-39-40-41-42-43-45-47-49-51-53-55-57-59-61-63-65-71(79)76-68(67-83-75-74(82)73(81)72(80)70(66-77)84-75)69(78)64-62-60-58-56-54-52-50-48-46-44-26-24-22-20-18-16-14-12-10-8-6-4-2/h34-35,62,64,68-70,72-75,77-78,80-82H,3-33,36-61,63,65-67H2,1-2H3,(H,76,79)/b35-34-,64-62+. The molecule has 0 radical (unpaired) electrons. The summed E-state index contributed by atoms with van der Waals surface area (Å²) in [5, 5.41) is 54.8. The molecule has 1 saturated heterocycles. The molecule has 84 heavy (non-hydrogen) atoms. The van der Waals surface area contributed by atoms with Gasteiger partial charge >= 0.3 is 0 Å². The zero-order chi connectivity index (χ0) is 60.7. The van der Waals surface area contributed by atoms with Crippen LogP contribution in [0.1, 0.15) is 393 Å². The van der Waals surface area contributed by atoms with Crippen molar-refractivity contribution >= 4 is 5.91 Å². The molecule has 9 heteroatoms. The van der Waals surface area contributed by atoms with Crippen molar-refractivity contribution < 1.29 is 39.8 Å². The molecule has 1 rings (SSSR count). The van der Waals surface area contributed by atoms with E-state index in [-0.39, 0.29) is 12.5 Å². The lowest BCUT2D eigenvalue weighted by Gasteiger charge is -2.40. The molecule has 0 aromatic heterocycles. The zero-order valence-corrected chi connectivity index (χ0v) is 55.9. The molecule has 498 valence electrons. The number of aliphatic hydroxyl groups excluding tert-OH is 5. The lowest BCUT2D eigenvalue weighted by molar-refractivity contribution is -0.302. The average molecular weight is 1190 g/mol. The van der Waals surface area contributed by atoms with E-state index in [4.69, 9.17) is 9.47 Å². The number of unbranched alkanes of at least 4 members (excludes halogenated alkanes) is 55. The average Bonchev–Trinajstić information content (AvgIpc) is 3.70. The number of ether oxygens (including phenoxy) is 2. The summed E-state index contributed by atoms with van der Waals surface area (Å²) >= 11 is 0. The Kier molecular flexibility index (Phi) is 62.1. The second-order valence-corrected chi connectivity index (χ2v) is 26.4. The van der Waals surface area contributed by atoms with Crippen LogP contribution in [0.5, 0.6) is 0 Å². The number of hydrogen-bond acceptors (Lipinski definition) is 8. The van der Waals surface area contributed by atoms with Gasteiger partial charge in [0.1, 0.15) is 24.4 Å². The molecule has 0 aromatic rings. The molecule has 1 aliphatic heterocycles. The van der Waals surface area contributed by atoms with Crippen LogP contribution in [0.2, 0.25) is 0 Å². The summed E-state index contributed by atoms with van der Waals surface area (Å²) < 4.78 is 11.3. The summed E-state index contributed by atoms with van der Waals surface area (Å²) in [6, 6.07) is -0.804. The van der Waals surface area contributed by atoms with E-state index in [1.165, 1.54) is 334 Å². The van der Waals surface area contributed by atoms with Crippen molar-refractivity contribution in [1.82, 2.24) is 5.32 Å². The number of aliphatic hydroxyl groups is 5. The Morgan fingerprint density at radius 2 is 0.667 bits per heavy atom. The number of carbonyl (C=O) groups excluding carboxylic acids is 1. The Morgan fingerprint density at radius 3 is 0.964 bits per heavy atom. The van der Waals surface area contributed by atoms with Crippen molar-refractivity contribution in [1.29, 1.82) is 0 Å². The van der Waals surface area contributed by atoms with Gasteiger partial charge in [0.25, 0.3) is 0 Å². The smallest absolute Gasteiger partial charge is 0.220 e. The van der Waals surface area contributed by atoms with Gasteiger partial charge in [-0.05, 0) is 44.9 Å². The van der Waals surface area contributed by atoms with Crippen molar-refractivity contribution in [2.75, 3.05) is 13.2 Å². The number of carbonyl (C=O) groups is 1. The molecule has 0 bridgehead atoms. The van der Waals surface area contributed by atoms with Gasteiger partial charge in [0.05, 0.1) is 25.4 Å². The van der Waals surface area contributed by atoms with Gasteiger partial charge in [-0.2, -0.15) is 0 Å². The van der Waals surface area contributed by atoms with E-state index in [1.807, 2.05) is 6.08 Å². The lowest BCUT2D eigenvalue weighted by Crippen LogP contribution is -2.60. The summed E-state index contributed by atoms with van der Waals surface area (Å²) in [5.41, 5.74) is 0. The Labute approximate surface area is 521 Å². The predicted molar refractivity (Wildman–Crippen MR) is 360 cm³/mol. The molecule has 7 atom stereocenters. The van der Waals surface area contributed by atoms with E-state index in [1.54, 1.807) is 6.08 Å². The van der Waals surface area contributed by atoms with E-state index >= 15 is 0 Å². The minimum Gasteiger partial charge on any atom is -0.394 e. The molecule has 1 heterocycles. The maximum Gasteiger partial charge on any atom is 0.220 e. The molecular weight excluding hydrogens is 1040 g/mol. The topological polar surface area (TPSA) is 149 Å². The zero-order valence-electron chi connectivity index (χ0n) is 55.9. The van der Waals surface area contributed by atoms with Crippen LogP contribution in [0.25, 0.3) is 0 Å². The Morgan fingerprint density at radius 1 is 0.393 bits per heavy atom. The molecule has 1 fully saturated rings. The van der Waals surface area contributed by atoms with Gasteiger partial charge in [-0.25, -0.2) is 0 Å². The number of hydrogen-bond donors (Lipinski definition) is 6. The van der Waals surface area contributed by atoms with Crippen LogP contribution in [0.4, 0.5) is 0 Å². The highest BCUT2D eigenvalue weighted by Crippen LogP contribution is 2.24. The molecule has 6 N–H and O–H groups in total. The van der Waals surface area contributed by atoms with Gasteiger partial charge < -0.3 is 40.3 Å². The van der Waals surface area contributed by atoms with Crippen LogP contribution in [0.3, 0.4) is 0 Å². The van der Waals surface area contributed by atoms with Crippen LogP contribution in [-0.4, -0.2) is 87.5 Å². The third-order valence-corrected chi connectivity index (χ3v) is 18.3. The van der Waals surface area contributed by atoms with Crippen LogP contribution in [-0.2, 0) is 14.3 Å². The van der Waals surface area contributed by atoms with Crippen LogP contribution in [0.15, 0.2) is 24.3 Å². The van der Waals surface area contributed by atoms with Gasteiger partial charge in [-0.3, -0.25) is 4.79 Å². The number of nitrogens with one attached hydrogen (secondary N) is 1. The van der Waals surface area contributed by atoms with Gasteiger partial charge in [0, 0.05) is 6.42 Å². The second kappa shape index (κ2) is 64.6. The minimum absolute atomic E-state index is 0.168. The van der Waals surface area contributed by atoms with E-state index in [2.05, 4.69) is 31.3 Å². The van der Waals surface area contributed by atoms with Crippen molar-refractivity contribution in [3.8, 4) is 0 Å². The fraction of sp³-hybridized carbons (Fsp3) is 0.933. The van der Waals surface area contributed by atoms with Crippen molar-refractivity contribution in [3.63, 3.8) is 0 Å². The summed E-state index contributed by atoms with van der Waals surface area (Å²) in [6.45, 7) is 3.84.